The summed E-state index contributed by atoms with van der Waals surface area (Å²) in [5.74, 6) is 0.202. The Morgan fingerprint density at radius 2 is 1.62 bits per heavy atom. The Kier molecular flexibility index (Phi) is 6.97. The van der Waals surface area contributed by atoms with Crippen LogP contribution in [0.3, 0.4) is 0 Å². The van der Waals surface area contributed by atoms with Gasteiger partial charge in [-0.15, -0.1) is 0 Å². The lowest BCUT2D eigenvalue weighted by Gasteiger charge is -2.21. The quantitative estimate of drug-likeness (QED) is 0.778. The summed E-state index contributed by atoms with van der Waals surface area (Å²) < 4.78 is 5.15. The lowest BCUT2D eigenvalue weighted by Crippen LogP contribution is -2.38. The van der Waals surface area contributed by atoms with Crippen LogP contribution in [-0.4, -0.2) is 36.9 Å². The summed E-state index contributed by atoms with van der Waals surface area (Å²) >= 11 is 0. The monoisotopic (exact) mass is 352 g/mol. The van der Waals surface area contributed by atoms with Crippen molar-refractivity contribution in [3.8, 4) is 5.75 Å². The van der Waals surface area contributed by atoms with Crippen molar-refractivity contribution in [3.63, 3.8) is 0 Å². The SMILES string of the molecule is CCN(CC)C(=O)C(=Cc1ccc(OC)cc1)NC(=O)c1ccccc1. The van der Waals surface area contributed by atoms with Gasteiger partial charge in [-0.2, -0.15) is 0 Å². The number of carbonyl (C=O) groups is 2. The van der Waals surface area contributed by atoms with Gasteiger partial charge in [0.25, 0.3) is 11.8 Å². The second-order valence-corrected chi connectivity index (χ2v) is 5.63. The highest BCUT2D eigenvalue weighted by atomic mass is 16.5. The first kappa shape index (κ1) is 19.2. The number of benzene rings is 2. The molecule has 0 atom stereocenters. The van der Waals surface area contributed by atoms with Crippen molar-refractivity contribution in [2.45, 2.75) is 13.8 Å². The zero-order valence-electron chi connectivity index (χ0n) is 15.4. The molecule has 0 radical (unpaired) electrons. The van der Waals surface area contributed by atoms with Crippen LogP contribution in [-0.2, 0) is 4.79 Å². The van der Waals surface area contributed by atoms with E-state index in [0.717, 1.165) is 11.3 Å². The van der Waals surface area contributed by atoms with E-state index in [1.807, 2.05) is 44.2 Å². The van der Waals surface area contributed by atoms with Crippen LogP contribution in [0.25, 0.3) is 6.08 Å². The van der Waals surface area contributed by atoms with Crippen LogP contribution in [0.1, 0.15) is 29.8 Å². The second kappa shape index (κ2) is 9.42. The topological polar surface area (TPSA) is 58.6 Å². The highest BCUT2D eigenvalue weighted by Crippen LogP contribution is 2.15. The maximum atomic E-state index is 12.8. The van der Waals surface area contributed by atoms with Crippen LogP contribution in [0.5, 0.6) is 5.75 Å². The molecule has 0 saturated heterocycles. The van der Waals surface area contributed by atoms with Gasteiger partial charge >= 0.3 is 0 Å². The molecule has 0 heterocycles. The highest BCUT2D eigenvalue weighted by molar-refractivity contribution is 6.05. The van der Waals surface area contributed by atoms with Gasteiger partial charge < -0.3 is 15.0 Å². The fourth-order valence-corrected chi connectivity index (χ4v) is 2.48. The minimum atomic E-state index is -0.314. The van der Waals surface area contributed by atoms with E-state index >= 15 is 0 Å². The average Bonchev–Trinajstić information content (AvgIpc) is 2.69. The van der Waals surface area contributed by atoms with Crippen molar-refractivity contribution in [2.24, 2.45) is 0 Å². The Morgan fingerprint density at radius 3 is 2.15 bits per heavy atom. The number of amides is 2. The van der Waals surface area contributed by atoms with Crippen LogP contribution in [0.2, 0.25) is 0 Å². The van der Waals surface area contributed by atoms with Crippen molar-refractivity contribution >= 4 is 17.9 Å². The molecule has 0 spiro atoms. The van der Waals surface area contributed by atoms with Crippen LogP contribution in [0.15, 0.2) is 60.3 Å². The normalized spacial score (nSPS) is 11.0. The first-order valence-electron chi connectivity index (χ1n) is 8.60. The van der Waals surface area contributed by atoms with Crippen molar-refractivity contribution in [2.75, 3.05) is 20.2 Å². The van der Waals surface area contributed by atoms with E-state index in [0.29, 0.717) is 18.7 Å². The Bertz CT molecular complexity index is 764. The molecule has 0 aromatic heterocycles. The first-order valence-corrected chi connectivity index (χ1v) is 8.60. The van der Waals surface area contributed by atoms with E-state index in [1.54, 1.807) is 42.4 Å². The largest absolute Gasteiger partial charge is 0.497 e. The molecule has 2 rings (SSSR count). The van der Waals surface area contributed by atoms with E-state index in [2.05, 4.69) is 5.32 Å². The minimum Gasteiger partial charge on any atom is -0.497 e. The van der Waals surface area contributed by atoms with Crippen LogP contribution in [0, 0.1) is 0 Å². The molecular weight excluding hydrogens is 328 g/mol. The Morgan fingerprint density at radius 1 is 1.00 bits per heavy atom. The molecule has 0 fully saturated rings. The Balaban J connectivity index is 2.32. The van der Waals surface area contributed by atoms with Gasteiger partial charge in [0.15, 0.2) is 0 Å². The van der Waals surface area contributed by atoms with Gasteiger partial charge in [0, 0.05) is 18.7 Å². The van der Waals surface area contributed by atoms with E-state index in [4.69, 9.17) is 4.74 Å². The molecule has 0 aliphatic carbocycles. The molecule has 1 N–H and O–H groups in total. The van der Waals surface area contributed by atoms with Crippen molar-refractivity contribution < 1.29 is 14.3 Å². The predicted molar refractivity (Wildman–Crippen MR) is 103 cm³/mol. The van der Waals surface area contributed by atoms with Gasteiger partial charge in [0.1, 0.15) is 11.4 Å². The van der Waals surface area contributed by atoms with Gasteiger partial charge in [-0.3, -0.25) is 9.59 Å². The predicted octanol–water partition coefficient (Wildman–Crippen LogP) is 3.33. The molecule has 0 saturated carbocycles. The van der Waals surface area contributed by atoms with Gasteiger partial charge in [0.2, 0.25) is 0 Å². The van der Waals surface area contributed by atoms with E-state index < -0.39 is 0 Å². The van der Waals surface area contributed by atoms with Crippen LogP contribution >= 0.6 is 0 Å². The molecule has 0 aliphatic rings. The number of hydrogen-bond donors (Lipinski definition) is 1. The zero-order chi connectivity index (χ0) is 18.9. The fourth-order valence-electron chi connectivity index (χ4n) is 2.48. The average molecular weight is 352 g/mol. The summed E-state index contributed by atoms with van der Waals surface area (Å²) in [6, 6.07) is 16.1. The molecule has 5 heteroatoms. The minimum absolute atomic E-state index is 0.213. The van der Waals surface area contributed by atoms with E-state index in [-0.39, 0.29) is 17.5 Å². The third-order valence-corrected chi connectivity index (χ3v) is 3.99. The third-order valence-electron chi connectivity index (χ3n) is 3.99. The third kappa shape index (κ3) is 4.96. The molecule has 2 aromatic carbocycles. The van der Waals surface area contributed by atoms with Gasteiger partial charge in [-0.25, -0.2) is 0 Å². The fraction of sp³-hybridized carbons (Fsp3) is 0.238. The van der Waals surface area contributed by atoms with Crippen molar-refractivity contribution in [1.29, 1.82) is 0 Å². The van der Waals surface area contributed by atoms with Crippen LogP contribution in [0.4, 0.5) is 0 Å². The zero-order valence-corrected chi connectivity index (χ0v) is 15.4. The maximum Gasteiger partial charge on any atom is 0.270 e. The summed E-state index contributed by atoms with van der Waals surface area (Å²) in [5.41, 5.74) is 1.54. The number of carbonyl (C=O) groups excluding carboxylic acids is 2. The highest BCUT2D eigenvalue weighted by Gasteiger charge is 2.18. The lowest BCUT2D eigenvalue weighted by molar-refractivity contribution is -0.127. The molecular formula is C21H24N2O3. The number of nitrogens with one attached hydrogen (secondary N) is 1. The first-order chi connectivity index (χ1) is 12.6. The molecule has 26 heavy (non-hydrogen) atoms. The number of nitrogens with zero attached hydrogens (tertiary/aromatic N) is 1. The lowest BCUT2D eigenvalue weighted by atomic mass is 10.1. The van der Waals surface area contributed by atoms with Crippen LogP contribution < -0.4 is 10.1 Å². The van der Waals surface area contributed by atoms with Crippen molar-refractivity contribution in [3.05, 3.63) is 71.4 Å². The molecule has 136 valence electrons. The molecule has 5 nitrogen and oxygen atoms in total. The molecule has 0 unspecified atom stereocenters. The van der Waals surface area contributed by atoms with Gasteiger partial charge in [-0.05, 0) is 49.8 Å². The summed E-state index contributed by atoms with van der Waals surface area (Å²) in [7, 11) is 1.60. The Hall–Kier alpha value is -3.08. The molecule has 2 aromatic rings. The number of methoxy groups -OCH3 is 1. The van der Waals surface area contributed by atoms with Gasteiger partial charge in [0.05, 0.1) is 7.11 Å². The summed E-state index contributed by atoms with van der Waals surface area (Å²) in [6.07, 6.45) is 1.68. The Labute approximate surface area is 154 Å². The standard InChI is InChI=1S/C21H24N2O3/c1-4-23(5-2)21(25)19(15-16-11-13-18(26-3)14-12-16)22-20(24)17-9-7-6-8-10-17/h6-15H,4-5H2,1-3H3,(H,22,24). The molecule has 2 amide bonds. The van der Waals surface area contributed by atoms with E-state index in [1.165, 1.54) is 0 Å². The van der Waals surface area contributed by atoms with E-state index in [9.17, 15) is 9.59 Å². The summed E-state index contributed by atoms with van der Waals surface area (Å²) in [4.78, 5) is 27.0. The smallest absolute Gasteiger partial charge is 0.270 e. The summed E-state index contributed by atoms with van der Waals surface area (Å²) in [6.45, 7) is 4.95. The molecule has 0 aliphatic heterocycles. The summed E-state index contributed by atoms with van der Waals surface area (Å²) in [5, 5.41) is 2.76. The number of ether oxygens (including phenoxy) is 1. The molecule has 0 bridgehead atoms. The second-order valence-electron chi connectivity index (χ2n) is 5.63. The van der Waals surface area contributed by atoms with Crippen molar-refractivity contribution in [1.82, 2.24) is 10.2 Å². The van der Waals surface area contributed by atoms with Gasteiger partial charge in [-0.1, -0.05) is 30.3 Å². The number of likely N-dealkylation sites (N-methyl/N-ethyl adjacent to an activating group) is 1. The number of rotatable bonds is 7. The number of hydrogen-bond acceptors (Lipinski definition) is 3. The maximum absolute atomic E-state index is 12.8.